The van der Waals surface area contributed by atoms with Gasteiger partial charge in [-0.15, -0.1) is 0 Å². The van der Waals surface area contributed by atoms with Crippen LogP contribution in [0.4, 0.5) is 11.4 Å². The number of carbonyl (C=O) groups is 2. The predicted octanol–water partition coefficient (Wildman–Crippen LogP) is 1.84. The highest BCUT2D eigenvalue weighted by Gasteiger charge is 2.19. The van der Waals surface area contributed by atoms with E-state index in [2.05, 4.69) is 17.3 Å². The Bertz CT molecular complexity index is 781. The molecule has 0 spiro atoms. The predicted molar refractivity (Wildman–Crippen MR) is 103 cm³/mol. The van der Waals surface area contributed by atoms with Gasteiger partial charge in [-0.2, -0.15) is 0 Å². The van der Waals surface area contributed by atoms with Crippen molar-refractivity contribution in [2.75, 3.05) is 44.3 Å². The largest absolute Gasteiger partial charge is 0.398 e. The minimum atomic E-state index is -0.246. The fourth-order valence-corrected chi connectivity index (χ4v) is 2.95. The van der Waals surface area contributed by atoms with E-state index in [9.17, 15) is 9.59 Å². The van der Waals surface area contributed by atoms with E-state index in [1.165, 1.54) is 0 Å². The molecule has 1 aliphatic heterocycles. The fraction of sp³-hybridized carbons (Fsp3) is 0.300. The molecule has 0 unspecified atom stereocenters. The number of nitrogen functional groups attached to an aromatic ring is 1. The van der Waals surface area contributed by atoms with Gasteiger partial charge in [-0.25, -0.2) is 0 Å². The number of carbonyl (C=O) groups excluding carboxylic acids is 2. The zero-order valence-corrected chi connectivity index (χ0v) is 14.9. The van der Waals surface area contributed by atoms with E-state index in [4.69, 9.17) is 5.73 Å². The third-order valence-electron chi connectivity index (χ3n) is 4.63. The van der Waals surface area contributed by atoms with Gasteiger partial charge in [0.15, 0.2) is 0 Å². The number of rotatable bonds is 4. The Hall–Kier alpha value is -2.86. The first kappa shape index (κ1) is 17.9. The standard InChI is InChI=1S/C20H24N4O2/c1-23-10-12-24(13-11-23)19(25)14-15-6-8-16(9-7-15)22-20(26)17-4-2-3-5-18(17)21/h2-9H,10-14,21H2,1H3,(H,22,26). The second kappa shape index (κ2) is 8.01. The van der Waals surface area contributed by atoms with E-state index < -0.39 is 0 Å². The molecule has 0 aromatic heterocycles. The highest BCUT2D eigenvalue weighted by molar-refractivity contribution is 6.07. The van der Waals surface area contributed by atoms with Crippen molar-refractivity contribution in [3.05, 3.63) is 59.7 Å². The van der Waals surface area contributed by atoms with Gasteiger partial charge in [0.2, 0.25) is 5.91 Å². The normalized spacial score (nSPS) is 14.9. The van der Waals surface area contributed by atoms with Gasteiger partial charge in [-0.3, -0.25) is 9.59 Å². The second-order valence-corrected chi connectivity index (χ2v) is 6.60. The summed E-state index contributed by atoms with van der Waals surface area (Å²) in [5.74, 6) is -0.101. The van der Waals surface area contributed by atoms with Gasteiger partial charge in [0.25, 0.3) is 5.91 Å². The number of benzene rings is 2. The van der Waals surface area contributed by atoms with Gasteiger partial charge in [0.1, 0.15) is 0 Å². The third kappa shape index (κ3) is 4.40. The molecule has 1 aliphatic rings. The topological polar surface area (TPSA) is 78.7 Å². The number of likely N-dealkylation sites (N-methyl/N-ethyl adjacent to an activating group) is 1. The number of nitrogens with zero attached hydrogens (tertiary/aromatic N) is 2. The van der Waals surface area contributed by atoms with E-state index in [1.807, 2.05) is 29.2 Å². The Morgan fingerprint density at radius 2 is 1.65 bits per heavy atom. The fourth-order valence-electron chi connectivity index (χ4n) is 2.95. The quantitative estimate of drug-likeness (QED) is 0.823. The molecule has 6 heteroatoms. The summed E-state index contributed by atoms with van der Waals surface area (Å²) < 4.78 is 0. The highest BCUT2D eigenvalue weighted by atomic mass is 16.2. The summed E-state index contributed by atoms with van der Waals surface area (Å²) in [7, 11) is 2.07. The minimum Gasteiger partial charge on any atom is -0.398 e. The SMILES string of the molecule is CN1CCN(C(=O)Cc2ccc(NC(=O)c3ccccc3N)cc2)CC1. The molecule has 0 radical (unpaired) electrons. The number of hydrogen-bond acceptors (Lipinski definition) is 4. The summed E-state index contributed by atoms with van der Waals surface area (Å²) in [5.41, 5.74) is 8.33. The Morgan fingerprint density at radius 3 is 2.31 bits per heavy atom. The molecule has 0 aliphatic carbocycles. The number of nitrogens with two attached hydrogens (primary N) is 1. The Labute approximate surface area is 153 Å². The molecule has 2 aromatic carbocycles. The molecule has 0 saturated carbocycles. The van der Waals surface area contributed by atoms with Crippen molar-refractivity contribution in [1.82, 2.24) is 9.80 Å². The lowest BCUT2D eigenvalue weighted by Crippen LogP contribution is -2.47. The Morgan fingerprint density at radius 1 is 1.00 bits per heavy atom. The van der Waals surface area contributed by atoms with Crippen LogP contribution in [0, 0.1) is 0 Å². The number of hydrogen-bond donors (Lipinski definition) is 2. The molecule has 0 bridgehead atoms. The molecule has 0 atom stereocenters. The monoisotopic (exact) mass is 352 g/mol. The maximum atomic E-state index is 12.4. The van der Waals surface area contributed by atoms with Crippen molar-refractivity contribution in [3.63, 3.8) is 0 Å². The average Bonchev–Trinajstić information content (AvgIpc) is 2.64. The van der Waals surface area contributed by atoms with Crippen molar-refractivity contribution in [2.24, 2.45) is 0 Å². The summed E-state index contributed by atoms with van der Waals surface area (Å²) in [5, 5.41) is 2.83. The molecule has 1 fully saturated rings. The maximum absolute atomic E-state index is 12.4. The first-order valence-electron chi connectivity index (χ1n) is 8.74. The zero-order chi connectivity index (χ0) is 18.5. The van der Waals surface area contributed by atoms with Gasteiger partial charge in [0, 0.05) is 37.6 Å². The lowest BCUT2D eigenvalue weighted by Gasteiger charge is -2.32. The molecule has 3 N–H and O–H groups in total. The summed E-state index contributed by atoms with van der Waals surface area (Å²) in [6.07, 6.45) is 0.379. The van der Waals surface area contributed by atoms with E-state index in [-0.39, 0.29) is 11.8 Å². The van der Waals surface area contributed by atoms with Crippen LogP contribution in [0.5, 0.6) is 0 Å². The number of anilines is 2. The molecule has 1 saturated heterocycles. The van der Waals surface area contributed by atoms with Gasteiger partial charge in [-0.05, 0) is 36.9 Å². The van der Waals surface area contributed by atoms with E-state index >= 15 is 0 Å². The van der Waals surface area contributed by atoms with Gasteiger partial charge in [0.05, 0.1) is 12.0 Å². The van der Waals surface area contributed by atoms with Gasteiger partial charge >= 0.3 is 0 Å². The lowest BCUT2D eigenvalue weighted by molar-refractivity contribution is -0.132. The van der Waals surface area contributed by atoms with Crippen LogP contribution in [-0.4, -0.2) is 54.8 Å². The Balaban J connectivity index is 1.57. The van der Waals surface area contributed by atoms with Crippen molar-refractivity contribution < 1.29 is 9.59 Å². The number of para-hydroxylation sites is 1. The van der Waals surface area contributed by atoms with Crippen LogP contribution in [-0.2, 0) is 11.2 Å². The third-order valence-corrected chi connectivity index (χ3v) is 4.63. The molecule has 6 nitrogen and oxygen atoms in total. The van der Waals surface area contributed by atoms with E-state index in [1.54, 1.807) is 24.3 Å². The zero-order valence-electron chi connectivity index (χ0n) is 14.9. The van der Waals surface area contributed by atoms with Crippen LogP contribution in [0.1, 0.15) is 15.9 Å². The van der Waals surface area contributed by atoms with Crippen LogP contribution in [0.25, 0.3) is 0 Å². The van der Waals surface area contributed by atoms with Crippen molar-refractivity contribution in [2.45, 2.75) is 6.42 Å². The van der Waals surface area contributed by atoms with Crippen LogP contribution in [0.15, 0.2) is 48.5 Å². The highest BCUT2D eigenvalue weighted by Crippen LogP contribution is 2.16. The molecular formula is C20H24N4O2. The first-order chi connectivity index (χ1) is 12.5. The minimum absolute atomic E-state index is 0.145. The van der Waals surface area contributed by atoms with E-state index in [0.29, 0.717) is 23.4 Å². The number of amides is 2. The van der Waals surface area contributed by atoms with Crippen LogP contribution < -0.4 is 11.1 Å². The molecule has 2 aromatic rings. The maximum Gasteiger partial charge on any atom is 0.257 e. The van der Waals surface area contributed by atoms with Crippen LogP contribution in [0.3, 0.4) is 0 Å². The summed E-state index contributed by atoms with van der Waals surface area (Å²) in [4.78, 5) is 28.8. The van der Waals surface area contributed by atoms with Crippen molar-refractivity contribution >= 4 is 23.2 Å². The molecule has 3 rings (SSSR count). The van der Waals surface area contributed by atoms with Crippen molar-refractivity contribution in [1.29, 1.82) is 0 Å². The lowest BCUT2D eigenvalue weighted by atomic mass is 10.1. The van der Waals surface area contributed by atoms with Crippen LogP contribution >= 0.6 is 0 Å². The Kier molecular flexibility index (Phi) is 5.53. The van der Waals surface area contributed by atoms with Gasteiger partial charge < -0.3 is 20.9 Å². The summed E-state index contributed by atoms with van der Waals surface area (Å²) >= 11 is 0. The molecular weight excluding hydrogens is 328 g/mol. The number of piperazine rings is 1. The first-order valence-corrected chi connectivity index (χ1v) is 8.74. The van der Waals surface area contributed by atoms with E-state index in [0.717, 1.165) is 31.7 Å². The summed E-state index contributed by atoms with van der Waals surface area (Å²) in [6.45, 7) is 3.39. The average molecular weight is 352 g/mol. The molecule has 2 amide bonds. The van der Waals surface area contributed by atoms with Crippen LogP contribution in [0.2, 0.25) is 0 Å². The smallest absolute Gasteiger partial charge is 0.257 e. The second-order valence-electron chi connectivity index (χ2n) is 6.60. The summed E-state index contributed by atoms with van der Waals surface area (Å²) in [6, 6.07) is 14.3. The molecule has 136 valence electrons. The van der Waals surface area contributed by atoms with Gasteiger partial charge in [-0.1, -0.05) is 24.3 Å². The van der Waals surface area contributed by atoms with Crippen molar-refractivity contribution in [3.8, 4) is 0 Å². The number of nitrogens with one attached hydrogen (secondary N) is 1. The molecule has 1 heterocycles. The molecule has 26 heavy (non-hydrogen) atoms.